The van der Waals surface area contributed by atoms with Gasteiger partial charge in [-0.15, -0.1) is 6.58 Å². The molecule has 204 valence electrons. The van der Waals surface area contributed by atoms with Crippen LogP contribution in [0.1, 0.15) is 65.4 Å². The standard InChI is InChI=1S/C29H40O7S/c1-7-27(5)16-23(36-24(31)17-35-37(33,34)21-10-8-18(2)9-11-21)28(6)19(3)12-14-29(20(4)26(27)32)15-13-22(30)25(28)29/h7-11,19-20,23,25-26,32H,1,12-17H2,2-6H3/t19?,20-,23?,25?,26-,27+,28-,29-/m0/s1. The Kier molecular flexibility index (Phi) is 7.27. The van der Waals surface area contributed by atoms with Crippen molar-refractivity contribution in [2.75, 3.05) is 6.61 Å². The first-order chi connectivity index (χ1) is 17.2. The molecule has 0 saturated heterocycles. The number of aliphatic hydroxyl groups excluding tert-OH is 1. The minimum Gasteiger partial charge on any atom is -0.460 e. The monoisotopic (exact) mass is 532 g/mol. The first kappa shape index (κ1) is 28.0. The minimum absolute atomic E-state index is 0.0394. The van der Waals surface area contributed by atoms with Gasteiger partial charge in [-0.2, -0.15) is 8.42 Å². The normalized spacial score (nSPS) is 39.8. The van der Waals surface area contributed by atoms with Crippen LogP contribution in [0, 0.1) is 40.9 Å². The van der Waals surface area contributed by atoms with E-state index in [4.69, 9.17) is 8.92 Å². The molecule has 3 aliphatic carbocycles. The van der Waals surface area contributed by atoms with Crippen molar-refractivity contribution < 1.29 is 32.0 Å². The fourth-order valence-electron chi connectivity index (χ4n) is 7.59. The summed E-state index contributed by atoms with van der Waals surface area (Å²) in [7, 11) is -4.15. The van der Waals surface area contributed by atoms with Crippen LogP contribution in [0.15, 0.2) is 41.8 Å². The summed E-state index contributed by atoms with van der Waals surface area (Å²) >= 11 is 0. The predicted molar refractivity (Wildman–Crippen MR) is 139 cm³/mol. The van der Waals surface area contributed by atoms with Crippen LogP contribution in [0.25, 0.3) is 0 Å². The van der Waals surface area contributed by atoms with Crippen LogP contribution in [-0.4, -0.2) is 44.1 Å². The molecular weight excluding hydrogens is 492 g/mol. The fourth-order valence-corrected chi connectivity index (χ4v) is 8.45. The van der Waals surface area contributed by atoms with Crippen LogP contribution in [0.4, 0.5) is 0 Å². The van der Waals surface area contributed by atoms with Crippen LogP contribution in [-0.2, 0) is 28.6 Å². The van der Waals surface area contributed by atoms with Crippen molar-refractivity contribution in [2.24, 2.45) is 34.0 Å². The third-order valence-electron chi connectivity index (χ3n) is 10.2. The minimum atomic E-state index is -4.15. The van der Waals surface area contributed by atoms with Crippen molar-refractivity contribution in [1.82, 2.24) is 0 Å². The van der Waals surface area contributed by atoms with Crippen molar-refractivity contribution in [3.05, 3.63) is 42.5 Å². The number of ether oxygens (including phenoxy) is 1. The molecule has 3 saturated carbocycles. The van der Waals surface area contributed by atoms with Gasteiger partial charge in [-0.3, -0.25) is 8.98 Å². The summed E-state index contributed by atoms with van der Waals surface area (Å²) in [5.74, 6) is -1.05. The highest BCUT2D eigenvalue weighted by atomic mass is 32.2. The van der Waals surface area contributed by atoms with Gasteiger partial charge in [0.15, 0.2) is 6.61 Å². The number of esters is 1. The van der Waals surface area contributed by atoms with Crippen LogP contribution < -0.4 is 0 Å². The summed E-state index contributed by atoms with van der Waals surface area (Å²) in [4.78, 5) is 26.5. The second kappa shape index (κ2) is 9.62. The van der Waals surface area contributed by atoms with E-state index in [9.17, 15) is 23.1 Å². The molecule has 3 aliphatic rings. The molecule has 3 fully saturated rings. The van der Waals surface area contributed by atoms with Crippen LogP contribution in [0.5, 0.6) is 0 Å². The number of carbonyl (C=O) groups is 2. The first-order valence-corrected chi connectivity index (χ1v) is 14.6. The zero-order valence-electron chi connectivity index (χ0n) is 22.5. The molecule has 7 nitrogen and oxygen atoms in total. The lowest BCUT2D eigenvalue weighted by Crippen LogP contribution is -2.63. The predicted octanol–water partition coefficient (Wildman–Crippen LogP) is 4.61. The number of aliphatic hydroxyl groups is 1. The van der Waals surface area contributed by atoms with E-state index < -0.39 is 45.7 Å². The number of carbonyl (C=O) groups excluding carboxylic acids is 2. The average molecular weight is 533 g/mol. The largest absolute Gasteiger partial charge is 0.460 e. The van der Waals surface area contributed by atoms with Gasteiger partial charge in [0.2, 0.25) is 0 Å². The summed E-state index contributed by atoms with van der Waals surface area (Å²) in [6.07, 6.45) is 3.37. The maximum Gasteiger partial charge on any atom is 0.333 e. The molecule has 0 spiro atoms. The second-order valence-electron chi connectivity index (χ2n) is 12.1. The molecule has 37 heavy (non-hydrogen) atoms. The molecule has 1 N–H and O–H groups in total. The van der Waals surface area contributed by atoms with E-state index in [0.717, 1.165) is 18.4 Å². The SMILES string of the molecule is C=C[C@]1(C)CC(OC(=O)COS(=O)(=O)c2ccc(C)cc2)[C@]2(C)C(C)CC[C@]3(CCC(=O)C23)[C@@H](C)[C@@H]1O. The lowest BCUT2D eigenvalue weighted by molar-refractivity contribution is -0.207. The zero-order chi connectivity index (χ0) is 27.4. The highest BCUT2D eigenvalue weighted by Gasteiger charge is 2.68. The molecule has 8 atom stereocenters. The van der Waals surface area contributed by atoms with E-state index in [1.54, 1.807) is 18.2 Å². The third kappa shape index (κ3) is 4.49. The van der Waals surface area contributed by atoms with E-state index in [2.05, 4.69) is 13.5 Å². The smallest absolute Gasteiger partial charge is 0.333 e. The molecule has 4 rings (SSSR count). The molecule has 3 unspecified atom stereocenters. The number of hydrogen-bond donors (Lipinski definition) is 1. The van der Waals surface area contributed by atoms with Gasteiger partial charge < -0.3 is 9.84 Å². The topological polar surface area (TPSA) is 107 Å². The Bertz CT molecular complexity index is 1180. The number of rotatable bonds is 6. The summed E-state index contributed by atoms with van der Waals surface area (Å²) in [6, 6.07) is 6.17. The fraction of sp³-hybridized carbons (Fsp3) is 0.655. The molecule has 8 heteroatoms. The Labute approximate surface area is 220 Å². The summed E-state index contributed by atoms with van der Waals surface area (Å²) in [6.45, 7) is 13.2. The zero-order valence-corrected chi connectivity index (χ0v) is 23.3. The van der Waals surface area contributed by atoms with Crippen LogP contribution >= 0.6 is 0 Å². The van der Waals surface area contributed by atoms with E-state index in [0.29, 0.717) is 12.8 Å². The second-order valence-corrected chi connectivity index (χ2v) is 13.7. The molecule has 0 heterocycles. The molecule has 0 aliphatic heterocycles. The van der Waals surface area contributed by atoms with Crippen molar-refractivity contribution in [3.8, 4) is 0 Å². The van der Waals surface area contributed by atoms with E-state index >= 15 is 0 Å². The molecular formula is C29H40O7S. The lowest BCUT2D eigenvalue weighted by atomic mass is 9.44. The maximum absolute atomic E-state index is 13.4. The van der Waals surface area contributed by atoms with Gasteiger partial charge in [-0.25, -0.2) is 4.79 Å². The van der Waals surface area contributed by atoms with Gasteiger partial charge in [-0.1, -0.05) is 51.5 Å². The number of benzene rings is 1. The van der Waals surface area contributed by atoms with Crippen LogP contribution in [0.3, 0.4) is 0 Å². The van der Waals surface area contributed by atoms with Crippen molar-refractivity contribution in [3.63, 3.8) is 0 Å². The Morgan fingerprint density at radius 3 is 2.46 bits per heavy atom. The van der Waals surface area contributed by atoms with Crippen molar-refractivity contribution in [2.45, 2.75) is 83.8 Å². The molecule has 2 bridgehead atoms. The molecule has 0 aromatic heterocycles. The van der Waals surface area contributed by atoms with E-state index in [1.807, 2.05) is 27.7 Å². The van der Waals surface area contributed by atoms with Crippen molar-refractivity contribution >= 4 is 21.9 Å². The van der Waals surface area contributed by atoms with Crippen LogP contribution in [0.2, 0.25) is 0 Å². The molecule has 1 aromatic rings. The third-order valence-corrected chi connectivity index (χ3v) is 11.5. The average Bonchev–Trinajstić information content (AvgIpc) is 3.21. The first-order valence-electron chi connectivity index (χ1n) is 13.2. The van der Waals surface area contributed by atoms with Gasteiger partial charge in [0, 0.05) is 23.2 Å². The Hall–Kier alpha value is -2.03. The number of aryl methyl sites for hydroxylation is 1. The van der Waals surface area contributed by atoms with Crippen molar-refractivity contribution in [1.29, 1.82) is 0 Å². The van der Waals surface area contributed by atoms with E-state index in [-0.39, 0.29) is 40.3 Å². The Morgan fingerprint density at radius 2 is 1.84 bits per heavy atom. The molecule has 0 radical (unpaired) electrons. The van der Waals surface area contributed by atoms with Gasteiger partial charge in [-0.05, 0) is 62.0 Å². The lowest BCUT2D eigenvalue weighted by Gasteiger charge is -2.61. The summed E-state index contributed by atoms with van der Waals surface area (Å²) < 4.78 is 36.3. The molecule has 0 amide bonds. The van der Waals surface area contributed by atoms with Gasteiger partial charge in [0.05, 0.1) is 11.0 Å². The van der Waals surface area contributed by atoms with Gasteiger partial charge >= 0.3 is 5.97 Å². The van der Waals surface area contributed by atoms with E-state index in [1.165, 1.54) is 12.1 Å². The highest BCUT2D eigenvalue weighted by Crippen LogP contribution is 2.68. The quantitative estimate of drug-likeness (QED) is 0.324. The number of hydrogen-bond acceptors (Lipinski definition) is 7. The maximum atomic E-state index is 13.4. The Morgan fingerprint density at radius 1 is 1.19 bits per heavy atom. The molecule has 1 aromatic carbocycles. The van der Waals surface area contributed by atoms with Gasteiger partial charge in [0.25, 0.3) is 10.1 Å². The summed E-state index contributed by atoms with van der Waals surface area (Å²) in [5.41, 5.74) is -0.910. The number of Topliss-reactive ketones (excluding diaryl/α,β-unsaturated/α-hetero) is 1. The Balaban J connectivity index is 1.65. The highest BCUT2D eigenvalue weighted by molar-refractivity contribution is 7.86. The van der Waals surface area contributed by atoms with Gasteiger partial charge in [0.1, 0.15) is 11.9 Å². The number of ketones is 1. The summed E-state index contributed by atoms with van der Waals surface area (Å²) in [5, 5.41) is 11.6.